The highest BCUT2D eigenvalue weighted by molar-refractivity contribution is 5.95. The van der Waals surface area contributed by atoms with Crippen molar-refractivity contribution in [1.29, 1.82) is 0 Å². The molecule has 164 valence electrons. The Hall–Kier alpha value is -3.99. The first-order valence-corrected chi connectivity index (χ1v) is 11.2. The standard InChI is InChI=1S/C28H26N4O/c1-18-8-9-21(12-19(18)2)22-10-11-27(30-15-22)31-23-13-24(17-29-16-23)32-28(33)26-14-25(26)20-6-4-3-5-7-20/h3-13,15-17,25-26H,14H2,1-2H3,(H,30,31)(H,32,33). The van der Waals surface area contributed by atoms with E-state index in [1.54, 1.807) is 12.4 Å². The van der Waals surface area contributed by atoms with E-state index in [4.69, 9.17) is 0 Å². The van der Waals surface area contributed by atoms with E-state index in [0.29, 0.717) is 11.6 Å². The van der Waals surface area contributed by atoms with Gasteiger partial charge in [-0.05, 0) is 66.6 Å². The zero-order valence-electron chi connectivity index (χ0n) is 18.7. The van der Waals surface area contributed by atoms with Crippen molar-refractivity contribution in [3.8, 4) is 11.1 Å². The summed E-state index contributed by atoms with van der Waals surface area (Å²) in [5, 5.41) is 6.28. The van der Waals surface area contributed by atoms with Gasteiger partial charge in [-0.3, -0.25) is 9.78 Å². The summed E-state index contributed by atoms with van der Waals surface area (Å²) in [6.07, 6.45) is 6.14. The van der Waals surface area contributed by atoms with Gasteiger partial charge in [0, 0.05) is 17.7 Å². The first kappa shape index (κ1) is 20.9. The SMILES string of the molecule is Cc1ccc(-c2ccc(Nc3cncc(NC(=O)C4CC4c4ccccc4)c3)nc2)cc1C. The lowest BCUT2D eigenvalue weighted by Gasteiger charge is -2.10. The molecule has 2 atom stereocenters. The zero-order chi connectivity index (χ0) is 22.8. The van der Waals surface area contributed by atoms with Crippen LogP contribution in [0.4, 0.5) is 17.2 Å². The molecule has 0 radical (unpaired) electrons. The van der Waals surface area contributed by atoms with Crippen LogP contribution < -0.4 is 10.6 Å². The van der Waals surface area contributed by atoms with Crippen LogP contribution in [0.3, 0.4) is 0 Å². The van der Waals surface area contributed by atoms with Crippen molar-refractivity contribution < 1.29 is 4.79 Å². The van der Waals surface area contributed by atoms with Gasteiger partial charge < -0.3 is 10.6 Å². The second-order valence-electron chi connectivity index (χ2n) is 8.67. The molecule has 0 bridgehead atoms. The molecule has 2 aromatic carbocycles. The molecule has 4 aromatic rings. The van der Waals surface area contributed by atoms with E-state index in [-0.39, 0.29) is 11.8 Å². The summed E-state index contributed by atoms with van der Waals surface area (Å²) in [7, 11) is 0. The van der Waals surface area contributed by atoms with E-state index in [0.717, 1.165) is 29.1 Å². The number of nitrogens with zero attached hydrogens (tertiary/aromatic N) is 2. The molecular weight excluding hydrogens is 408 g/mol. The van der Waals surface area contributed by atoms with Gasteiger partial charge in [0.25, 0.3) is 0 Å². The second-order valence-corrected chi connectivity index (χ2v) is 8.67. The number of carbonyl (C=O) groups is 1. The van der Waals surface area contributed by atoms with Gasteiger partial charge in [0.2, 0.25) is 5.91 Å². The Morgan fingerprint density at radius 3 is 2.39 bits per heavy atom. The lowest BCUT2D eigenvalue weighted by Crippen LogP contribution is -2.14. The van der Waals surface area contributed by atoms with Gasteiger partial charge in [0.05, 0.1) is 23.8 Å². The number of pyridine rings is 2. The molecule has 0 spiro atoms. The molecule has 1 saturated carbocycles. The number of anilines is 3. The van der Waals surface area contributed by atoms with Crippen molar-refractivity contribution in [2.75, 3.05) is 10.6 Å². The Morgan fingerprint density at radius 2 is 1.64 bits per heavy atom. The fourth-order valence-electron chi connectivity index (χ4n) is 4.07. The summed E-state index contributed by atoms with van der Waals surface area (Å²) in [5.41, 5.74) is 7.44. The maximum Gasteiger partial charge on any atom is 0.228 e. The Bertz CT molecular complexity index is 1290. The predicted molar refractivity (Wildman–Crippen MR) is 133 cm³/mol. The van der Waals surface area contributed by atoms with E-state index in [1.165, 1.54) is 16.7 Å². The smallest absolute Gasteiger partial charge is 0.228 e. The number of nitrogens with one attached hydrogen (secondary N) is 2. The number of rotatable bonds is 6. The van der Waals surface area contributed by atoms with E-state index >= 15 is 0 Å². The van der Waals surface area contributed by atoms with Crippen molar-refractivity contribution in [2.24, 2.45) is 5.92 Å². The van der Waals surface area contributed by atoms with Crippen LogP contribution in [0.15, 0.2) is 85.3 Å². The van der Waals surface area contributed by atoms with Crippen LogP contribution in [-0.2, 0) is 4.79 Å². The number of carbonyl (C=O) groups excluding carboxylic acids is 1. The Morgan fingerprint density at radius 1 is 0.848 bits per heavy atom. The number of hydrogen-bond donors (Lipinski definition) is 2. The minimum Gasteiger partial charge on any atom is -0.339 e. The first-order valence-electron chi connectivity index (χ1n) is 11.2. The lowest BCUT2D eigenvalue weighted by atomic mass is 10.0. The van der Waals surface area contributed by atoms with E-state index in [2.05, 4.69) is 70.8 Å². The number of benzene rings is 2. The van der Waals surface area contributed by atoms with Crippen LogP contribution in [0.5, 0.6) is 0 Å². The van der Waals surface area contributed by atoms with Crippen molar-refractivity contribution >= 4 is 23.1 Å². The van der Waals surface area contributed by atoms with Crippen LogP contribution >= 0.6 is 0 Å². The van der Waals surface area contributed by atoms with Gasteiger partial charge in [-0.25, -0.2) is 4.98 Å². The summed E-state index contributed by atoms with van der Waals surface area (Å²) >= 11 is 0. The largest absolute Gasteiger partial charge is 0.339 e. The van der Waals surface area contributed by atoms with Gasteiger partial charge >= 0.3 is 0 Å². The van der Waals surface area contributed by atoms with Crippen LogP contribution in [0, 0.1) is 19.8 Å². The van der Waals surface area contributed by atoms with Gasteiger partial charge in [0.15, 0.2) is 0 Å². The molecule has 0 aliphatic heterocycles. The summed E-state index contributed by atoms with van der Waals surface area (Å²) in [5.74, 6) is 1.09. The van der Waals surface area contributed by atoms with Gasteiger partial charge in [0.1, 0.15) is 5.82 Å². The number of hydrogen-bond acceptors (Lipinski definition) is 4. The molecule has 2 aromatic heterocycles. The molecule has 2 unspecified atom stereocenters. The van der Waals surface area contributed by atoms with Gasteiger partial charge in [-0.15, -0.1) is 0 Å². The first-order chi connectivity index (χ1) is 16.1. The van der Waals surface area contributed by atoms with Crippen molar-refractivity contribution in [3.05, 3.63) is 102 Å². The molecule has 2 N–H and O–H groups in total. The highest BCUT2D eigenvalue weighted by atomic mass is 16.2. The molecule has 5 heteroatoms. The molecule has 33 heavy (non-hydrogen) atoms. The predicted octanol–water partition coefficient (Wildman–Crippen LogP) is 6.25. The minimum atomic E-state index is 0.0173. The number of aromatic nitrogens is 2. The normalized spacial score (nSPS) is 16.8. The third-order valence-electron chi connectivity index (χ3n) is 6.24. The molecule has 1 aliphatic carbocycles. The third-order valence-corrected chi connectivity index (χ3v) is 6.24. The van der Waals surface area contributed by atoms with Gasteiger partial charge in [-0.1, -0.05) is 48.5 Å². The average Bonchev–Trinajstić information content (AvgIpc) is 3.64. The number of amides is 1. The highest BCUT2D eigenvalue weighted by Gasteiger charge is 2.43. The van der Waals surface area contributed by atoms with Crippen LogP contribution in [-0.4, -0.2) is 15.9 Å². The summed E-state index contributed by atoms with van der Waals surface area (Å²) < 4.78 is 0. The number of aryl methyl sites for hydroxylation is 2. The molecule has 5 nitrogen and oxygen atoms in total. The maximum absolute atomic E-state index is 12.7. The quantitative estimate of drug-likeness (QED) is 0.377. The molecule has 0 saturated heterocycles. The van der Waals surface area contributed by atoms with Crippen molar-refractivity contribution in [3.63, 3.8) is 0 Å². The molecule has 1 amide bonds. The fraction of sp³-hybridized carbons (Fsp3) is 0.179. The van der Waals surface area contributed by atoms with Crippen LogP contribution in [0.25, 0.3) is 11.1 Å². The van der Waals surface area contributed by atoms with Crippen LogP contribution in [0.2, 0.25) is 0 Å². The molecule has 1 fully saturated rings. The monoisotopic (exact) mass is 434 g/mol. The second kappa shape index (κ2) is 8.87. The summed E-state index contributed by atoms with van der Waals surface area (Å²) in [4.78, 5) is 21.5. The topological polar surface area (TPSA) is 66.9 Å². The fourth-order valence-corrected chi connectivity index (χ4v) is 4.07. The minimum absolute atomic E-state index is 0.0173. The van der Waals surface area contributed by atoms with E-state index in [1.807, 2.05) is 36.5 Å². The molecule has 5 rings (SSSR count). The van der Waals surface area contributed by atoms with Crippen molar-refractivity contribution in [2.45, 2.75) is 26.2 Å². The highest BCUT2D eigenvalue weighted by Crippen LogP contribution is 2.47. The van der Waals surface area contributed by atoms with Crippen LogP contribution in [0.1, 0.15) is 29.0 Å². The molecule has 2 heterocycles. The third kappa shape index (κ3) is 4.77. The molecular formula is C28H26N4O. The lowest BCUT2D eigenvalue weighted by molar-refractivity contribution is -0.117. The Kier molecular flexibility index (Phi) is 5.61. The summed E-state index contributed by atoms with van der Waals surface area (Å²) in [6.45, 7) is 4.23. The summed E-state index contributed by atoms with van der Waals surface area (Å²) in [6, 6.07) is 22.5. The van der Waals surface area contributed by atoms with E-state index in [9.17, 15) is 4.79 Å². The Labute approximate surface area is 193 Å². The average molecular weight is 435 g/mol. The van der Waals surface area contributed by atoms with E-state index < -0.39 is 0 Å². The maximum atomic E-state index is 12.7. The van der Waals surface area contributed by atoms with Gasteiger partial charge in [-0.2, -0.15) is 0 Å². The Balaban J connectivity index is 1.22. The molecule has 1 aliphatic rings. The van der Waals surface area contributed by atoms with Crippen molar-refractivity contribution in [1.82, 2.24) is 9.97 Å². The zero-order valence-corrected chi connectivity index (χ0v) is 18.7.